The molecule has 0 bridgehead atoms. The topological polar surface area (TPSA) is 112 Å². The zero-order chi connectivity index (χ0) is 42.9. The quantitative estimate of drug-likeness (QED) is 0.123. The van der Waals surface area contributed by atoms with Crippen molar-refractivity contribution in [2.75, 3.05) is 48.1 Å². The second-order valence-electron chi connectivity index (χ2n) is 17.1. The lowest BCUT2D eigenvalue weighted by Gasteiger charge is -2.49. The molecule has 5 heterocycles. The molecule has 0 saturated carbocycles. The molecule has 0 spiro atoms. The van der Waals surface area contributed by atoms with E-state index in [-0.39, 0.29) is 42.9 Å². The van der Waals surface area contributed by atoms with Crippen LogP contribution in [0.5, 0.6) is 23.0 Å². The summed E-state index contributed by atoms with van der Waals surface area (Å²) >= 11 is 0. The molecule has 0 aliphatic carbocycles. The van der Waals surface area contributed by atoms with Gasteiger partial charge in [0, 0.05) is 49.0 Å². The number of rotatable bonds is 13. The van der Waals surface area contributed by atoms with E-state index in [9.17, 15) is 5.11 Å². The van der Waals surface area contributed by atoms with Crippen LogP contribution in [0.4, 0.5) is 0 Å². The average molecular weight is 843 g/mol. The number of para-hydroxylation sites is 1. The van der Waals surface area contributed by atoms with Crippen LogP contribution in [0, 0.1) is 11.8 Å². The van der Waals surface area contributed by atoms with Gasteiger partial charge in [-0.05, 0) is 107 Å². The Morgan fingerprint density at radius 1 is 0.774 bits per heavy atom. The van der Waals surface area contributed by atoms with Crippen molar-refractivity contribution in [3.63, 3.8) is 0 Å². The molecule has 6 atom stereocenters. The first-order chi connectivity index (χ1) is 30.3. The Kier molecular flexibility index (Phi) is 12.2. The third-order valence-corrected chi connectivity index (χ3v) is 13.9. The Bertz CT molecular complexity index is 2420. The zero-order valence-electron chi connectivity index (χ0n) is 36.4. The van der Waals surface area contributed by atoms with Crippen molar-refractivity contribution in [2.45, 2.75) is 83.0 Å². The Hall–Kier alpha value is -5.49. The van der Waals surface area contributed by atoms with Crippen molar-refractivity contribution in [3.05, 3.63) is 130 Å². The molecule has 62 heavy (non-hydrogen) atoms. The fourth-order valence-corrected chi connectivity index (χ4v) is 10.6. The summed E-state index contributed by atoms with van der Waals surface area (Å²) in [5.41, 5.74) is 8.44. The van der Waals surface area contributed by atoms with Crippen molar-refractivity contribution in [1.29, 1.82) is 0 Å². The van der Waals surface area contributed by atoms with Crippen LogP contribution in [0.15, 0.2) is 95.3 Å². The number of hydrogen-bond acceptors (Lipinski definition) is 10. The van der Waals surface area contributed by atoms with E-state index in [4.69, 9.17) is 32.8 Å². The van der Waals surface area contributed by atoms with Gasteiger partial charge < -0.3 is 42.8 Å². The summed E-state index contributed by atoms with van der Waals surface area (Å²) in [6.45, 7) is 5.08. The molecule has 9 rings (SSSR count). The van der Waals surface area contributed by atoms with Gasteiger partial charge in [0.15, 0.2) is 28.8 Å². The van der Waals surface area contributed by atoms with E-state index in [1.54, 1.807) is 34.7 Å². The highest BCUT2D eigenvalue weighted by molar-refractivity contribution is 5.93. The highest BCUT2D eigenvalue weighted by Gasteiger charge is 2.43. The highest BCUT2D eigenvalue weighted by atomic mass is 16.7. The maximum absolute atomic E-state index is 15.4. The summed E-state index contributed by atoms with van der Waals surface area (Å²) < 4.78 is 42.3. The SMILES string of the molecule is CCC1CN2CCc3cc(OC)c(OC)cc3C2CC1CC1c2cc(OC)c(OC)cc2CCN1C(=O)C1=CC(c2coc3ccccc23)CC(OCc2ccc(CO)cc2)O1. The molecule has 4 aliphatic heterocycles. The number of allylic oxidation sites excluding steroid dienone is 1. The Balaban J connectivity index is 1.06. The number of aliphatic hydroxyl groups excluding tert-OH is 1. The van der Waals surface area contributed by atoms with Crippen LogP contribution >= 0.6 is 0 Å². The number of carbonyl (C=O) groups is 1. The number of fused-ring (bicyclic) bond motifs is 5. The highest BCUT2D eigenvalue weighted by Crippen LogP contribution is 2.50. The summed E-state index contributed by atoms with van der Waals surface area (Å²) in [5, 5.41) is 10.6. The number of amides is 1. The average Bonchev–Trinajstić information content (AvgIpc) is 3.76. The van der Waals surface area contributed by atoms with Gasteiger partial charge in [-0.2, -0.15) is 0 Å². The first kappa shape index (κ1) is 41.8. The fourth-order valence-electron chi connectivity index (χ4n) is 10.6. The second kappa shape index (κ2) is 18.1. The van der Waals surface area contributed by atoms with Gasteiger partial charge in [-0.25, -0.2) is 0 Å². The Labute approximate surface area is 364 Å². The van der Waals surface area contributed by atoms with E-state index in [1.165, 1.54) is 11.1 Å². The molecule has 4 aliphatic rings. The first-order valence-corrected chi connectivity index (χ1v) is 22.0. The second-order valence-corrected chi connectivity index (χ2v) is 17.1. The monoisotopic (exact) mass is 842 g/mol. The van der Waals surface area contributed by atoms with Crippen molar-refractivity contribution >= 4 is 16.9 Å². The fraction of sp³-hybridized carbons (Fsp3) is 0.431. The van der Waals surface area contributed by atoms with Gasteiger partial charge in [0.2, 0.25) is 6.29 Å². The number of ether oxygens (including phenoxy) is 6. The molecular formula is C51H58N2O9. The van der Waals surface area contributed by atoms with Gasteiger partial charge in [-0.3, -0.25) is 9.69 Å². The van der Waals surface area contributed by atoms with E-state index >= 15 is 4.79 Å². The lowest BCUT2D eigenvalue weighted by molar-refractivity contribution is -0.158. The molecular weight excluding hydrogens is 785 g/mol. The molecule has 1 amide bonds. The molecule has 1 aromatic heterocycles. The zero-order valence-corrected chi connectivity index (χ0v) is 36.4. The maximum Gasteiger partial charge on any atom is 0.289 e. The Morgan fingerprint density at radius 2 is 1.44 bits per heavy atom. The summed E-state index contributed by atoms with van der Waals surface area (Å²) in [6.07, 6.45) is 8.03. The molecule has 11 heteroatoms. The predicted octanol–water partition coefficient (Wildman–Crippen LogP) is 9.05. The van der Waals surface area contributed by atoms with E-state index in [0.29, 0.717) is 42.7 Å². The largest absolute Gasteiger partial charge is 0.493 e. The van der Waals surface area contributed by atoms with Crippen molar-refractivity contribution in [1.82, 2.24) is 9.80 Å². The van der Waals surface area contributed by atoms with E-state index in [1.807, 2.05) is 53.4 Å². The molecule has 6 unspecified atom stereocenters. The van der Waals surface area contributed by atoms with Crippen molar-refractivity contribution in [2.24, 2.45) is 11.8 Å². The summed E-state index contributed by atoms with van der Waals surface area (Å²) in [5.74, 6) is 3.56. The van der Waals surface area contributed by atoms with Crippen LogP contribution in [0.2, 0.25) is 0 Å². The number of aliphatic hydroxyl groups is 1. The number of furan rings is 1. The van der Waals surface area contributed by atoms with Gasteiger partial charge in [0.1, 0.15) is 5.58 Å². The number of methoxy groups -OCH3 is 4. The Morgan fingerprint density at radius 3 is 2.15 bits per heavy atom. The van der Waals surface area contributed by atoms with Crippen LogP contribution in [0.3, 0.4) is 0 Å². The minimum atomic E-state index is -0.689. The lowest BCUT2D eigenvalue weighted by Crippen LogP contribution is -2.48. The van der Waals surface area contributed by atoms with Gasteiger partial charge in [-0.15, -0.1) is 0 Å². The van der Waals surface area contributed by atoms with Crippen LogP contribution in [-0.2, 0) is 40.3 Å². The minimum Gasteiger partial charge on any atom is -0.493 e. The normalized spacial score (nSPS) is 23.4. The maximum atomic E-state index is 15.4. The van der Waals surface area contributed by atoms with Gasteiger partial charge in [0.05, 0.1) is 54.0 Å². The van der Waals surface area contributed by atoms with Gasteiger partial charge in [0.25, 0.3) is 5.91 Å². The number of piperidine rings is 1. The molecule has 5 aromatic rings. The van der Waals surface area contributed by atoms with Gasteiger partial charge in [-0.1, -0.05) is 55.8 Å². The van der Waals surface area contributed by atoms with E-state index in [0.717, 1.165) is 89.1 Å². The van der Waals surface area contributed by atoms with Gasteiger partial charge >= 0.3 is 0 Å². The third-order valence-electron chi connectivity index (χ3n) is 13.9. The molecule has 11 nitrogen and oxygen atoms in total. The molecule has 326 valence electrons. The van der Waals surface area contributed by atoms with Crippen LogP contribution in [0.25, 0.3) is 11.0 Å². The third kappa shape index (κ3) is 8.02. The van der Waals surface area contributed by atoms with Crippen molar-refractivity contribution in [3.8, 4) is 23.0 Å². The summed E-state index contributed by atoms with van der Waals surface area (Å²) in [7, 11) is 6.73. The van der Waals surface area contributed by atoms with E-state index in [2.05, 4.69) is 42.2 Å². The molecule has 1 fully saturated rings. The van der Waals surface area contributed by atoms with Crippen LogP contribution in [-0.4, -0.2) is 75.2 Å². The standard InChI is InChI=1S/C51H58N2O9/c1-6-33-27-52-17-15-34-21-45(56-2)47(58-4)25-39(34)42(52)19-36(33)20-43-40-26-48(59-5)46(57-3)22-35(40)16-18-53(43)51(55)49-23-37(41-30-60-44-10-8-7-9-38(41)44)24-50(62-49)61-29-32-13-11-31(28-54)12-14-32/h7-14,21-23,25-26,30,33,36-37,42-43,50,54H,6,15-20,24,27-29H2,1-5H3. The molecule has 1 saturated heterocycles. The number of carbonyl (C=O) groups excluding carboxylic acids is 1. The smallest absolute Gasteiger partial charge is 0.289 e. The predicted molar refractivity (Wildman–Crippen MR) is 235 cm³/mol. The lowest BCUT2D eigenvalue weighted by atomic mass is 9.72. The van der Waals surface area contributed by atoms with Crippen LogP contribution < -0.4 is 18.9 Å². The van der Waals surface area contributed by atoms with Crippen molar-refractivity contribution < 1.29 is 42.7 Å². The van der Waals surface area contributed by atoms with E-state index < -0.39 is 6.29 Å². The number of nitrogens with zero attached hydrogens (tertiary/aromatic N) is 2. The first-order valence-electron chi connectivity index (χ1n) is 22.0. The summed E-state index contributed by atoms with van der Waals surface area (Å²) in [6, 6.07) is 24.2. The molecule has 4 aromatic carbocycles. The number of benzene rings is 4. The number of hydrogen-bond donors (Lipinski definition) is 1. The summed E-state index contributed by atoms with van der Waals surface area (Å²) in [4.78, 5) is 20.1. The molecule has 0 radical (unpaired) electrons. The molecule has 1 N–H and O–H groups in total. The van der Waals surface area contributed by atoms with Crippen LogP contribution in [0.1, 0.15) is 89.6 Å². The minimum absolute atomic E-state index is 0.0243.